The van der Waals surface area contributed by atoms with E-state index in [1.54, 1.807) is 13.8 Å². The second-order valence-corrected chi connectivity index (χ2v) is 11.2. The Balaban J connectivity index is 2.09. The van der Waals surface area contributed by atoms with Crippen LogP contribution in [0.2, 0.25) is 0 Å². The van der Waals surface area contributed by atoms with Crippen LogP contribution in [0, 0.1) is 0 Å². The number of aromatic nitrogens is 1. The van der Waals surface area contributed by atoms with Gasteiger partial charge in [-0.05, 0) is 59.9 Å². The summed E-state index contributed by atoms with van der Waals surface area (Å²) >= 11 is 1.35. The molecule has 1 amide bonds. The maximum atomic E-state index is 14.2. The van der Waals surface area contributed by atoms with Crippen LogP contribution in [-0.2, 0) is 4.79 Å². The van der Waals surface area contributed by atoms with Crippen LogP contribution in [0.5, 0.6) is 0 Å². The van der Waals surface area contributed by atoms with E-state index < -0.39 is 12.0 Å². The second-order valence-electron chi connectivity index (χ2n) is 10.3. The lowest BCUT2D eigenvalue weighted by Gasteiger charge is -2.31. The van der Waals surface area contributed by atoms with Gasteiger partial charge in [0.15, 0.2) is 0 Å². The molecular weight excluding hydrogens is 446 g/mol. The average Bonchev–Trinajstić information content (AvgIpc) is 3.32. The number of rotatable bonds is 8. The lowest BCUT2D eigenvalue weighted by Crippen LogP contribution is -2.43. The zero-order chi connectivity index (χ0) is 24.6. The summed E-state index contributed by atoms with van der Waals surface area (Å²) in [5.74, 6) is 0.631. The molecule has 1 aromatic heterocycles. The molecule has 1 aromatic rings. The SMILES string of the molecule is CCC(C)(C)Nc1cc(C(F)F)c(C2=C(C(=O)N3CCC[C@@H]3C)N(CC(C)(C)O)CS2)cn1. The van der Waals surface area contributed by atoms with Crippen molar-refractivity contribution in [2.45, 2.75) is 84.4 Å². The van der Waals surface area contributed by atoms with Crippen LogP contribution in [0.15, 0.2) is 18.0 Å². The van der Waals surface area contributed by atoms with Gasteiger partial charge in [0.1, 0.15) is 11.5 Å². The number of hydrogen-bond acceptors (Lipinski definition) is 6. The molecule has 1 atom stereocenters. The number of pyridine rings is 1. The molecule has 0 radical (unpaired) electrons. The third kappa shape index (κ3) is 5.98. The fourth-order valence-corrected chi connectivity index (χ4v) is 5.35. The number of anilines is 1. The van der Waals surface area contributed by atoms with E-state index in [9.17, 15) is 18.7 Å². The van der Waals surface area contributed by atoms with Crippen molar-refractivity contribution in [2.75, 3.05) is 24.3 Å². The van der Waals surface area contributed by atoms with Crippen molar-refractivity contribution in [2.24, 2.45) is 0 Å². The summed E-state index contributed by atoms with van der Waals surface area (Å²) in [4.78, 5) is 22.2. The number of amides is 1. The van der Waals surface area contributed by atoms with E-state index in [1.807, 2.05) is 37.5 Å². The molecule has 1 fully saturated rings. The number of alkyl halides is 2. The van der Waals surface area contributed by atoms with Crippen LogP contribution < -0.4 is 5.32 Å². The summed E-state index contributed by atoms with van der Waals surface area (Å²) in [5, 5.41) is 13.6. The highest BCUT2D eigenvalue weighted by molar-refractivity contribution is 8.08. The second kappa shape index (κ2) is 9.78. The lowest BCUT2D eigenvalue weighted by molar-refractivity contribution is -0.129. The van der Waals surface area contributed by atoms with Gasteiger partial charge in [0.05, 0.1) is 11.5 Å². The fourth-order valence-electron chi connectivity index (χ4n) is 4.16. The number of nitrogens with zero attached hydrogens (tertiary/aromatic N) is 3. The van der Waals surface area contributed by atoms with Gasteiger partial charge in [-0.1, -0.05) is 6.92 Å². The third-order valence-electron chi connectivity index (χ3n) is 6.26. The van der Waals surface area contributed by atoms with Crippen LogP contribution in [0.25, 0.3) is 4.91 Å². The number of halogens is 2. The van der Waals surface area contributed by atoms with Gasteiger partial charge in [-0.15, -0.1) is 11.8 Å². The molecule has 0 saturated carbocycles. The Kier molecular flexibility index (Phi) is 7.63. The molecule has 33 heavy (non-hydrogen) atoms. The molecule has 184 valence electrons. The Hall–Kier alpha value is -1.87. The molecule has 3 heterocycles. The highest BCUT2D eigenvalue weighted by Crippen LogP contribution is 2.44. The minimum absolute atomic E-state index is 0.0939. The highest BCUT2D eigenvalue weighted by Gasteiger charge is 2.38. The van der Waals surface area contributed by atoms with Crippen LogP contribution in [0.3, 0.4) is 0 Å². The Labute approximate surface area is 199 Å². The van der Waals surface area contributed by atoms with Crippen molar-refractivity contribution in [3.05, 3.63) is 29.1 Å². The van der Waals surface area contributed by atoms with Crippen LogP contribution in [0.4, 0.5) is 14.6 Å². The molecule has 2 N–H and O–H groups in total. The monoisotopic (exact) mass is 482 g/mol. The van der Waals surface area contributed by atoms with Gasteiger partial charge in [-0.3, -0.25) is 4.79 Å². The van der Waals surface area contributed by atoms with E-state index in [4.69, 9.17) is 0 Å². The van der Waals surface area contributed by atoms with Crippen molar-refractivity contribution < 1.29 is 18.7 Å². The zero-order valence-electron chi connectivity index (χ0n) is 20.4. The Morgan fingerprint density at radius 2 is 2.06 bits per heavy atom. The predicted molar refractivity (Wildman–Crippen MR) is 130 cm³/mol. The van der Waals surface area contributed by atoms with Crippen molar-refractivity contribution in [3.63, 3.8) is 0 Å². The van der Waals surface area contributed by atoms with Crippen LogP contribution >= 0.6 is 11.8 Å². The molecule has 0 unspecified atom stereocenters. The molecule has 3 rings (SSSR count). The minimum Gasteiger partial charge on any atom is -0.389 e. The number of β-amino-alcohol motifs (C(OH)–C–C–N with tert-alkyl or cyclic N) is 1. The summed E-state index contributed by atoms with van der Waals surface area (Å²) < 4.78 is 28.4. The lowest BCUT2D eigenvalue weighted by atomic mass is 10.0. The molecule has 0 aromatic carbocycles. The summed E-state index contributed by atoms with van der Waals surface area (Å²) in [6, 6.07) is 1.49. The molecule has 6 nitrogen and oxygen atoms in total. The topological polar surface area (TPSA) is 68.7 Å². The summed E-state index contributed by atoms with van der Waals surface area (Å²) in [6.45, 7) is 12.2. The molecule has 9 heteroatoms. The van der Waals surface area contributed by atoms with E-state index in [-0.39, 0.29) is 35.2 Å². The number of aliphatic hydroxyl groups is 1. The quantitative estimate of drug-likeness (QED) is 0.539. The summed E-state index contributed by atoms with van der Waals surface area (Å²) in [7, 11) is 0. The molecule has 2 aliphatic heterocycles. The van der Waals surface area contributed by atoms with Crippen molar-refractivity contribution in [1.29, 1.82) is 0 Å². The Bertz CT molecular complexity index is 914. The zero-order valence-corrected chi connectivity index (χ0v) is 21.2. The van der Waals surface area contributed by atoms with Crippen molar-refractivity contribution >= 4 is 28.4 Å². The van der Waals surface area contributed by atoms with E-state index in [0.717, 1.165) is 19.3 Å². The number of carbonyl (C=O) groups is 1. The normalized spacial score (nSPS) is 19.8. The minimum atomic E-state index is -2.72. The van der Waals surface area contributed by atoms with Gasteiger partial charge in [-0.2, -0.15) is 0 Å². The Morgan fingerprint density at radius 1 is 1.36 bits per heavy atom. The van der Waals surface area contributed by atoms with Gasteiger partial charge < -0.3 is 20.2 Å². The molecule has 0 bridgehead atoms. The number of thioether (sulfide) groups is 1. The largest absolute Gasteiger partial charge is 0.389 e. The maximum absolute atomic E-state index is 14.2. The van der Waals surface area contributed by atoms with Crippen molar-refractivity contribution in [1.82, 2.24) is 14.8 Å². The highest BCUT2D eigenvalue weighted by atomic mass is 32.2. The van der Waals surface area contributed by atoms with Gasteiger partial charge >= 0.3 is 0 Å². The van der Waals surface area contributed by atoms with Gasteiger partial charge in [0.2, 0.25) is 0 Å². The van der Waals surface area contributed by atoms with Gasteiger partial charge in [-0.25, -0.2) is 13.8 Å². The number of carbonyl (C=O) groups excluding carboxylic acids is 1. The number of nitrogens with one attached hydrogen (secondary N) is 1. The van der Waals surface area contributed by atoms with E-state index >= 15 is 0 Å². The Morgan fingerprint density at radius 3 is 2.61 bits per heavy atom. The summed E-state index contributed by atoms with van der Waals surface area (Å²) in [6.07, 6.45) is 1.38. The predicted octanol–water partition coefficient (Wildman–Crippen LogP) is 5.08. The standard InChI is InChI=1S/C24H36F2N4O2S/c1-7-23(3,4)28-18-11-16(21(25)26)17(12-27-18)20-19(22(31)30-10-8-9-15(30)2)29(14-33-20)13-24(5,6)32/h11-12,15,21,32H,7-10,13-14H2,1-6H3,(H,27,28)/t15-/m0/s1. The van der Waals surface area contributed by atoms with E-state index in [0.29, 0.717) is 28.8 Å². The first-order chi connectivity index (χ1) is 15.3. The number of hydrogen-bond donors (Lipinski definition) is 2. The molecule has 0 spiro atoms. The first-order valence-corrected chi connectivity index (χ1v) is 12.5. The van der Waals surface area contributed by atoms with E-state index in [2.05, 4.69) is 10.3 Å². The van der Waals surface area contributed by atoms with E-state index in [1.165, 1.54) is 24.0 Å². The molecular formula is C24H36F2N4O2S. The smallest absolute Gasteiger partial charge is 0.271 e. The van der Waals surface area contributed by atoms with Gasteiger partial charge in [0.25, 0.3) is 12.3 Å². The van der Waals surface area contributed by atoms with Gasteiger partial charge in [0, 0.05) is 46.9 Å². The van der Waals surface area contributed by atoms with Crippen LogP contribution in [0.1, 0.15) is 78.4 Å². The summed E-state index contributed by atoms with van der Waals surface area (Å²) in [5.41, 5.74) is -0.808. The molecule has 2 aliphatic rings. The maximum Gasteiger partial charge on any atom is 0.271 e. The first-order valence-electron chi connectivity index (χ1n) is 11.5. The molecule has 1 saturated heterocycles. The molecule has 0 aliphatic carbocycles. The number of likely N-dealkylation sites (tertiary alicyclic amines) is 1. The average molecular weight is 483 g/mol. The first kappa shape index (κ1) is 25.7. The van der Waals surface area contributed by atoms with Crippen LogP contribution in [-0.4, -0.2) is 61.9 Å². The van der Waals surface area contributed by atoms with Crippen molar-refractivity contribution in [3.8, 4) is 0 Å². The fraction of sp³-hybridized carbons (Fsp3) is 0.667. The third-order valence-corrected chi connectivity index (χ3v) is 7.40.